The smallest absolute Gasteiger partial charge is 0.285 e. The molecule has 0 aromatic carbocycles. The number of carbonyl (C=O) groups is 1. The first kappa shape index (κ1) is 21.6. The van der Waals surface area contributed by atoms with Crippen LogP contribution in [0.15, 0.2) is 40.4 Å². The van der Waals surface area contributed by atoms with Crippen molar-refractivity contribution in [1.82, 2.24) is 15.1 Å². The fourth-order valence-electron chi connectivity index (χ4n) is 2.56. The van der Waals surface area contributed by atoms with Gasteiger partial charge in [-0.25, -0.2) is 9.67 Å². The zero-order chi connectivity index (χ0) is 20.8. The van der Waals surface area contributed by atoms with Crippen molar-refractivity contribution in [2.75, 3.05) is 5.32 Å². The highest BCUT2D eigenvalue weighted by molar-refractivity contribution is 7.22. The van der Waals surface area contributed by atoms with Gasteiger partial charge in [-0.1, -0.05) is 26.5 Å². The quantitative estimate of drug-likeness (QED) is 0.661. The van der Waals surface area contributed by atoms with Crippen LogP contribution in [0.3, 0.4) is 0 Å². The van der Waals surface area contributed by atoms with Gasteiger partial charge in [0.2, 0.25) is 5.91 Å². The van der Waals surface area contributed by atoms with Crippen molar-refractivity contribution in [3.63, 3.8) is 0 Å². The molecule has 150 valence electrons. The third-order valence-electron chi connectivity index (χ3n) is 3.73. The van der Waals surface area contributed by atoms with Crippen LogP contribution in [-0.4, -0.2) is 27.9 Å². The zero-order valence-electron chi connectivity index (χ0n) is 16.9. The van der Waals surface area contributed by atoms with Crippen LogP contribution >= 0.6 is 11.3 Å². The summed E-state index contributed by atoms with van der Waals surface area (Å²) in [6.45, 7) is 13.5. The van der Waals surface area contributed by atoms with Crippen LogP contribution < -0.4 is 16.2 Å². The van der Waals surface area contributed by atoms with Gasteiger partial charge in [-0.05, 0) is 38.8 Å². The number of rotatable bonds is 8. The molecule has 0 saturated carbocycles. The summed E-state index contributed by atoms with van der Waals surface area (Å²) in [5, 5.41) is 12.1. The average Bonchev–Trinajstić information content (AvgIpc) is 3.00. The maximum atomic E-state index is 12.9. The Hall–Kier alpha value is -2.74. The van der Waals surface area contributed by atoms with Gasteiger partial charge in [0.25, 0.3) is 5.56 Å². The lowest BCUT2D eigenvalue weighted by Gasteiger charge is -2.11. The van der Waals surface area contributed by atoms with Gasteiger partial charge in [0.05, 0.1) is 10.7 Å². The predicted molar refractivity (Wildman–Crippen MR) is 117 cm³/mol. The number of fused-ring (bicyclic) bond motifs is 1. The van der Waals surface area contributed by atoms with Gasteiger partial charge >= 0.3 is 0 Å². The molecule has 0 radical (unpaired) electrons. The minimum atomic E-state index is -0.400. The summed E-state index contributed by atoms with van der Waals surface area (Å²) in [4.78, 5) is 29.2. The second-order valence-electron chi connectivity index (χ2n) is 6.95. The molecule has 2 rings (SSSR count). The zero-order valence-corrected chi connectivity index (χ0v) is 17.8. The van der Waals surface area contributed by atoms with E-state index in [1.165, 1.54) is 22.2 Å². The van der Waals surface area contributed by atoms with E-state index in [1.54, 1.807) is 6.08 Å². The molecule has 0 aliphatic heterocycles. The van der Waals surface area contributed by atoms with Crippen LogP contribution in [0.2, 0.25) is 0 Å². The monoisotopic (exact) mass is 401 g/mol. The number of amides is 1. The van der Waals surface area contributed by atoms with Crippen molar-refractivity contribution in [2.45, 2.75) is 53.1 Å². The van der Waals surface area contributed by atoms with E-state index in [9.17, 15) is 9.59 Å². The van der Waals surface area contributed by atoms with E-state index in [0.29, 0.717) is 4.70 Å². The Kier molecular flexibility index (Phi) is 7.28. The number of aromatic nitrogens is 2. The van der Waals surface area contributed by atoms with E-state index in [2.05, 4.69) is 27.3 Å². The van der Waals surface area contributed by atoms with Gasteiger partial charge in [-0.2, -0.15) is 5.10 Å². The van der Waals surface area contributed by atoms with Crippen molar-refractivity contribution in [3.05, 3.63) is 46.7 Å². The second-order valence-corrected chi connectivity index (χ2v) is 8.01. The van der Waals surface area contributed by atoms with Gasteiger partial charge in [0, 0.05) is 17.6 Å². The van der Waals surface area contributed by atoms with Crippen molar-refractivity contribution in [1.29, 1.82) is 0 Å². The molecule has 0 bridgehead atoms. The molecule has 0 aliphatic carbocycles. The summed E-state index contributed by atoms with van der Waals surface area (Å²) < 4.78 is 1.81. The van der Waals surface area contributed by atoms with E-state index < -0.39 is 5.91 Å². The number of nitrogens with one attached hydrogen (secondary N) is 2. The highest BCUT2D eigenvalue weighted by Gasteiger charge is 2.18. The number of hydrogen-bond acceptors (Lipinski definition) is 6. The summed E-state index contributed by atoms with van der Waals surface area (Å²) in [7, 11) is 0. The van der Waals surface area contributed by atoms with Crippen LogP contribution in [-0.2, 0) is 11.3 Å². The predicted octanol–water partition coefficient (Wildman–Crippen LogP) is 3.64. The number of allylic oxidation sites excluding steroid dienone is 2. The topological polar surface area (TPSA) is 88.4 Å². The Balaban J connectivity index is 2.34. The molecular weight excluding hydrogens is 374 g/mol. The molecule has 28 heavy (non-hydrogen) atoms. The largest absolute Gasteiger partial charge is 0.375 e. The molecule has 0 atom stereocenters. The summed E-state index contributed by atoms with van der Waals surface area (Å²) in [6.07, 6.45) is 5.07. The molecular formula is C20H27N5O2S. The van der Waals surface area contributed by atoms with E-state index >= 15 is 0 Å². The van der Waals surface area contributed by atoms with Gasteiger partial charge in [0.15, 0.2) is 0 Å². The maximum Gasteiger partial charge on any atom is 0.285 e. The van der Waals surface area contributed by atoms with E-state index in [4.69, 9.17) is 0 Å². The SMILES string of the molecule is C=C(/N=C\C=C/C)NC(=O)Cn1nc(C(C)C)c2cc(NC(C)C)sc2c1=O. The molecule has 0 fully saturated rings. The fraction of sp³-hybridized carbons (Fsp3) is 0.400. The molecule has 1 amide bonds. The van der Waals surface area contributed by atoms with E-state index in [1.807, 2.05) is 46.8 Å². The van der Waals surface area contributed by atoms with Crippen molar-refractivity contribution < 1.29 is 4.79 Å². The standard InChI is InChI=1S/C20H27N5O2S/c1-7-8-9-21-14(6)23-16(26)11-25-20(27)19-15(18(24-25)12(2)3)10-17(28-19)22-13(4)5/h7-10,12-13,22H,6,11H2,1-5H3,(H,23,26)/b8-7-,21-9-. The lowest BCUT2D eigenvalue weighted by atomic mass is 10.1. The van der Waals surface area contributed by atoms with Crippen LogP contribution in [0.1, 0.15) is 46.2 Å². The molecule has 0 spiro atoms. The van der Waals surface area contributed by atoms with Crippen molar-refractivity contribution in [3.8, 4) is 0 Å². The Bertz CT molecular complexity index is 982. The lowest BCUT2D eigenvalue weighted by Crippen LogP contribution is -2.33. The molecule has 2 N–H and O–H groups in total. The normalized spacial score (nSPS) is 12.0. The van der Waals surface area contributed by atoms with Gasteiger partial charge in [0.1, 0.15) is 17.1 Å². The molecule has 8 heteroatoms. The molecule has 7 nitrogen and oxygen atoms in total. The van der Waals surface area contributed by atoms with Gasteiger partial charge < -0.3 is 10.6 Å². The van der Waals surface area contributed by atoms with Gasteiger partial charge in [-0.3, -0.25) is 9.59 Å². The Morgan fingerprint density at radius 3 is 2.71 bits per heavy atom. The van der Waals surface area contributed by atoms with Crippen molar-refractivity contribution >= 4 is 38.5 Å². The van der Waals surface area contributed by atoms with Crippen LogP contribution in [0.25, 0.3) is 10.1 Å². The highest BCUT2D eigenvalue weighted by Crippen LogP contribution is 2.32. The number of carbonyl (C=O) groups excluding carboxylic acids is 1. The number of nitrogens with zero attached hydrogens (tertiary/aromatic N) is 3. The summed E-state index contributed by atoms with van der Waals surface area (Å²) in [5.41, 5.74) is 0.514. The van der Waals surface area contributed by atoms with Crippen molar-refractivity contribution in [2.24, 2.45) is 4.99 Å². The summed E-state index contributed by atoms with van der Waals surface area (Å²) in [5.74, 6) is -0.0801. The van der Waals surface area contributed by atoms with Gasteiger partial charge in [-0.15, -0.1) is 11.3 Å². The third-order valence-corrected chi connectivity index (χ3v) is 4.78. The van der Waals surface area contributed by atoms with E-state index in [0.717, 1.165) is 16.1 Å². The fourth-order valence-corrected chi connectivity index (χ4v) is 3.72. The molecule has 0 saturated heterocycles. The minimum Gasteiger partial charge on any atom is -0.375 e. The maximum absolute atomic E-state index is 12.9. The number of aliphatic imine (C=N–C) groups is 1. The highest BCUT2D eigenvalue weighted by atomic mass is 32.1. The van der Waals surface area contributed by atoms with Crippen LogP contribution in [0, 0.1) is 0 Å². The second kappa shape index (κ2) is 9.45. The number of thiophene rings is 1. The third kappa shape index (κ3) is 5.39. The lowest BCUT2D eigenvalue weighted by molar-refractivity contribution is -0.121. The Morgan fingerprint density at radius 2 is 2.11 bits per heavy atom. The average molecular weight is 402 g/mol. The first-order valence-electron chi connectivity index (χ1n) is 9.18. The number of anilines is 1. The molecule has 0 aliphatic rings. The molecule has 2 heterocycles. The minimum absolute atomic E-state index is 0.110. The Morgan fingerprint density at radius 1 is 1.39 bits per heavy atom. The van der Waals surface area contributed by atoms with Crippen LogP contribution in [0.5, 0.6) is 0 Å². The first-order chi connectivity index (χ1) is 13.2. The van der Waals surface area contributed by atoms with Crippen LogP contribution in [0.4, 0.5) is 5.00 Å². The summed E-state index contributed by atoms with van der Waals surface area (Å²) in [6, 6.07) is 2.22. The molecule has 2 aromatic heterocycles. The molecule has 2 aromatic rings. The Labute approximate surface area is 168 Å². The summed E-state index contributed by atoms with van der Waals surface area (Å²) >= 11 is 1.39. The van der Waals surface area contributed by atoms with E-state index in [-0.39, 0.29) is 29.9 Å². The molecule has 0 unspecified atom stereocenters. The number of hydrogen-bond donors (Lipinski definition) is 2. The first-order valence-corrected chi connectivity index (χ1v) is 9.99.